The van der Waals surface area contributed by atoms with Crippen molar-refractivity contribution < 1.29 is 9.26 Å². The average molecular weight is 364 g/mol. The van der Waals surface area contributed by atoms with E-state index in [4.69, 9.17) is 15.0 Å². The van der Waals surface area contributed by atoms with Crippen LogP contribution < -0.4 is 10.5 Å². The van der Waals surface area contributed by atoms with E-state index in [0.717, 1.165) is 49.8 Å². The number of benzene rings is 1. The van der Waals surface area contributed by atoms with Crippen molar-refractivity contribution in [2.45, 2.75) is 69.4 Å². The normalized spacial score (nSPS) is 20.2. The van der Waals surface area contributed by atoms with E-state index in [1.807, 2.05) is 24.3 Å². The van der Waals surface area contributed by atoms with Gasteiger partial charge in [-0.2, -0.15) is 4.98 Å². The fourth-order valence-corrected chi connectivity index (χ4v) is 3.87. The maximum absolute atomic E-state index is 6.44. The van der Waals surface area contributed by atoms with Gasteiger partial charge in [0, 0.05) is 0 Å². The zero-order chi connectivity index (χ0) is 16.4. The lowest BCUT2D eigenvalue weighted by Gasteiger charge is -2.23. The minimum absolute atomic E-state index is 0. The molecule has 6 heteroatoms. The molecule has 2 aliphatic rings. The number of para-hydroxylation sites is 1. The Morgan fingerprint density at radius 3 is 2.52 bits per heavy atom. The molecule has 1 aromatic heterocycles. The van der Waals surface area contributed by atoms with E-state index in [2.05, 4.69) is 10.1 Å². The Morgan fingerprint density at radius 1 is 1.04 bits per heavy atom. The standard InChI is InChI=1S/C19H25N3O2.ClH/c20-19(12-6-7-13-19)18-21-17(24-22-18)15-10-4-5-11-16(15)23-14-8-2-1-3-9-14;/h4-5,10-11,14H,1-3,6-9,12-13,20H2;1H. The number of hydrogen-bond acceptors (Lipinski definition) is 5. The second-order valence-corrected chi connectivity index (χ2v) is 7.16. The summed E-state index contributed by atoms with van der Waals surface area (Å²) in [5.41, 5.74) is 6.88. The number of rotatable bonds is 4. The van der Waals surface area contributed by atoms with Gasteiger partial charge in [0.05, 0.1) is 17.2 Å². The highest BCUT2D eigenvalue weighted by molar-refractivity contribution is 5.85. The largest absolute Gasteiger partial charge is 0.490 e. The molecule has 0 radical (unpaired) electrons. The molecule has 0 saturated heterocycles. The van der Waals surface area contributed by atoms with Crippen LogP contribution in [0, 0.1) is 0 Å². The van der Waals surface area contributed by atoms with Crippen molar-refractivity contribution >= 4 is 12.4 Å². The van der Waals surface area contributed by atoms with Crippen molar-refractivity contribution in [1.29, 1.82) is 0 Å². The van der Waals surface area contributed by atoms with Crippen LogP contribution in [0.3, 0.4) is 0 Å². The molecule has 1 heterocycles. The molecule has 0 amide bonds. The first-order chi connectivity index (χ1) is 11.7. The first-order valence-corrected chi connectivity index (χ1v) is 9.14. The molecule has 2 N–H and O–H groups in total. The molecule has 136 valence electrons. The molecule has 2 saturated carbocycles. The van der Waals surface area contributed by atoms with Gasteiger partial charge in [-0.15, -0.1) is 12.4 Å². The molecule has 0 bridgehead atoms. The molecule has 0 unspecified atom stereocenters. The fourth-order valence-electron chi connectivity index (χ4n) is 3.87. The number of hydrogen-bond donors (Lipinski definition) is 1. The number of nitrogens with two attached hydrogens (primary N) is 1. The monoisotopic (exact) mass is 363 g/mol. The molecule has 5 nitrogen and oxygen atoms in total. The van der Waals surface area contributed by atoms with Gasteiger partial charge in [-0.3, -0.25) is 0 Å². The molecule has 0 aliphatic heterocycles. The lowest BCUT2D eigenvalue weighted by atomic mass is 9.97. The fraction of sp³-hybridized carbons (Fsp3) is 0.579. The Labute approximate surface area is 154 Å². The SMILES string of the molecule is Cl.NC1(c2noc(-c3ccccc3OC3CCCCC3)n2)CCCC1. The van der Waals surface area contributed by atoms with E-state index in [0.29, 0.717) is 11.7 Å². The van der Waals surface area contributed by atoms with E-state index in [9.17, 15) is 0 Å². The zero-order valence-electron chi connectivity index (χ0n) is 14.4. The lowest BCUT2D eigenvalue weighted by Crippen LogP contribution is -2.34. The van der Waals surface area contributed by atoms with Crippen LogP contribution in [0.5, 0.6) is 5.75 Å². The number of halogens is 1. The first-order valence-electron chi connectivity index (χ1n) is 9.14. The number of aromatic nitrogens is 2. The third-order valence-electron chi connectivity index (χ3n) is 5.33. The highest BCUT2D eigenvalue weighted by Crippen LogP contribution is 2.37. The molecule has 4 rings (SSSR count). The quantitative estimate of drug-likeness (QED) is 0.859. The van der Waals surface area contributed by atoms with Gasteiger partial charge < -0.3 is 15.0 Å². The first kappa shape index (κ1) is 18.2. The minimum Gasteiger partial charge on any atom is -0.490 e. The smallest absolute Gasteiger partial charge is 0.261 e. The summed E-state index contributed by atoms with van der Waals surface area (Å²) in [5.74, 6) is 1.97. The van der Waals surface area contributed by atoms with Gasteiger partial charge in [0.1, 0.15) is 5.75 Å². The third kappa shape index (κ3) is 3.82. The molecule has 0 spiro atoms. The van der Waals surface area contributed by atoms with Crippen molar-refractivity contribution in [3.05, 3.63) is 30.1 Å². The van der Waals surface area contributed by atoms with Crippen LogP contribution in [0.15, 0.2) is 28.8 Å². The van der Waals surface area contributed by atoms with Gasteiger partial charge in [-0.05, 0) is 50.7 Å². The van der Waals surface area contributed by atoms with Gasteiger partial charge in [0.25, 0.3) is 5.89 Å². The number of nitrogens with zero attached hydrogens (tertiary/aromatic N) is 2. The summed E-state index contributed by atoms with van der Waals surface area (Å²) in [4.78, 5) is 4.61. The maximum atomic E-state index is 6.44. The molecule has 2 aliphatic carbocycles. The second-order valence-electron chi connectivity index (χ2n) is 7.16. The Balaban J connectivity index is 0.00000182. The van der Waals surface area contributed by atoms with Crippen molar-refractivity contribution in [3.63, 3.8) is 0 Å². The summed E-state index contributed by atoms with van der Waals surface area (Å²) in [5, 5.41) is 4.17. The Bertz CT molecular complexity index is 691. The van der Waals surface area contributed by atoms with Gasteiger partial charge in [0.15, 0.2) is 5.82 Å². The van der Waals surface area contributed by atoms with Crippen LogP contribution in [0.25, 0.3) is 11.5 Å². The highest BCUT2D eigenvalue weighted by Gasteiger charge is 2.36. The Kier molecular flexibility index (Phi) is 5.64. The lowest BCUT2D eigenvalue weighted by molar-refractivity contribution is 0.155. The summed E-state index contributed by atoms with van der Waals surface area (Å²) in [6, 6.07) is 7.93. The maximum Gasteiger partial charge on any atom is 0.261 e. The van der Waals surface area contributed by atoms with E-state index in [1.165, 1.54) is 19.3 Å². The molecule has 2 fully saturated rings. The Morgan fingerprint density at radius 2 is 1.76 bits per heavy atom. The highest BCUT2D eigenvalue weighted by atomic mass is 35.5. The summed E-state index contributed by atoms with van der Waals surface area (Å²) in [6.07, 6.45) is 10.4. The summed E-state index contributed by atoms with van der Waals surface area (Å²) in [6.45, 7) is 0. The predicted octanol–water partition coefficient (Wildman–Crippen LogP) is 4.60. The van der Waals surface area contributed by atoms with Crippen molar-refractivity contribution in [1.82, 2.24) is 10.1 Å². The van der Waals surface area contributed by atoms with Gasteiger partial charge in [-0.25, -0.2) is 0 Å². The average Bonchev–Trinajstić information content (AvgIpc) is 3.27. The molecule has 0 atom stereocenters. The molecule has 1 aromatic carbocycles. The van der Waals surface area contributed by atoms with Gasteiger partial charge in [-0.1, -0.05) is 36.6 Å². The van der Waals surface area contributed by atoms with Crippen molar-refractivity contribution in [2.24, 2.45) is 5.73 Å². The van der Waals surface area contributed by atoms with E-state index < -0.39 is 5.54 Å². The molecule has 2 aromatic rings. The molecular weight excluding hydrogens is 338 g/mol. The summed E-state index contributed by atoms with van der Waals surface area (Å²) in [7, 11) is 0. The van der Waals surface area contributed by atoms with E-state index in [1.54, 1.807) is 0 Å². The second kappa shape index (κ2) is 7.75. The van der Waals surface area contributed by atoms with Crippen LogP contribution in [-0.4, -0.2) is 16.2 Å². The van der Waals surface area contributed by atoms with Crippen LogP contribution in [0.2, 0.25) is 0 Å². The number of ether oxygens (including phenoxy) is 1. The van der Waals surface area contributed by atoms with Crippen LogP contribution in [-0.2, 0) is 5.54 Å². The summed E-state index contributed by atoms with van der Waals surface area (Å²) >= 11 is 0. The van der Waals surface area contributed by atoms with Crippen molar-refractivity contribution in [2.75, 3.05) is 0 Å². The third-order valence-corrected chi connectivity index (χ3v) is 5.33. The molecular formula is C19H26ClN3O2. The van der Waals surface area contributed by atoms with E-state index in [-0.39, 0.29) is 18.5 Å². The van der Waals surface area contributed by atoms with Crippen LogP contribution in [0.1, 0.15) is 63.6 Å². The van der Waals surface area contributed by atoms with Gasteiger partial charge >= 0.3 is 0 Å². The molecule has 25 heavy (non-hydrogen) atoms. The minimum atomic E-state index is -0.430. The topological polar surface area (TPSA) is 74.2 Å². The van der Waals surface area contributed by atoms with Crippen LogP contribution in [0.4, 0.5) is 0 Å². The van der Waals surface area contributed by atoms with E-state index >= 15 is 0 Å². The Hall–Kier alpha value is -1.59. The summed E-state index contributed by atoms with van der Waals surface area (Å²) < 4.78 is 11.8. The van der Waals surface area contributed by atoms with Crippen LogP contribution >= 0.6 is 12.4 Å². The van der Waals surface area contributed by atoms with Crippen molar-refractivity contribution in [3.8, 4) is 17.2 Å². The predicted molar refractivity (Wildman–Crippen MR) is 98.8 cm³/mol. The van der Waals surface area contributed by atoms with Gasteiger partial charge in [0.2, 0.25) is 0 Å². The zero-order valence-corrected chi connectivity index (χ0v) is 15.3.